The molecule has 0 spiro atoms. The number of methoxy groups -OCH3 is 1. The highest BCUT2D eigenvalue weighted by atomic mass is 32.2. The number of ether oxygens (including phenoxy) is 1. The first-order chi connectivity index (χ1) is 6.72. The highest BCUT2D eigenvalue weighted by Gasteiger charge is 2.13. The van der Waals surface area contributed by atoms with Crippen molar-refractivity contribution in [1.29, 1.82) is 0 Å². The normalized spacial score (nSPS) is 12.7. The third kappa shape index (κ3) is 7.17. The van der Waals surface area contributed by atoms with Gasteiger partial charge in [-0.15, -0.1) is 0 Å². The van der Waals surface area contributed by atoms with Gasteiger partial charge >= 0.3 is 0 Å². The van der Waals surface area contributed by atoms with E-state index in [0.717, 1.165) is 17.9 Å². The van der Waals surface area contributed by atoms with Crippen molar-refractivity contribution in [3.05, 3.63) is 0 Å². The molecule has 0 saturated heterocycles. The van der Waals surface area contributed by atoms with Gasteiger partial charge in [0.25, 0.3) is 0 Å². The maximum atomic E-state index is 11.0. The third-order valence-corrected chi connectivity index (χ3v) is 2.73. The van der Waals surface area contributed by atoms with Crippen LogP contribution >= 0.6 is 11.8 Å². The number of carbonyl (C=O) groups excluding carboxylic acids is 1. The van der Waals surface area contributed by atoms with Crippen LogP contribution in [-0.2, 0) is 9.53 Å². The molecule has 5 heteroatoms. The van der Waals surface area contributed by atoms with Crippen LogP contribution in [0.3, 0.4) is 0 Å². The summed E-state index contributed by atoms with van der Waals surface area (Å²) in [5.74, 6) is 1.76. The molecule has 4 nitrogen and oxygen atoms in total. The smallest absolute Gasteiger partial charge is 0.234 e. The number of nitrogens with one attached hydrogen (secondary N) is 1. The summed E-state index contributed by atoms with van der Waals surface area (Å²) in [5, 5.41) is 3.07. The summed E-state index contributed by atoms with van der Waals surface area (Å²) in [4.78, 5) is 11.0. The first kappa shape index (κ1) is 13.7. The van der Waals surface area contributed by atoms with E-state index in [1.807, 2.05) is 11.8 Å². The Morgan fingerprint density at radius 3 is 2.86 bits per heavy atom. The van der Waals surface area contributed by atoms with E-state index < -0.39 is 0 Å². The second kappa shape index (κ2) is 9.30. The lowest BCUT2D eigenvalue weighted by Gasteiger charge is -2.14. The van der Waals surface area contributed by atoms with Gasteiger partial charge in [-0.2, -0.15) is 11.8 Å². The van der Waals surface area contributed by atoms with Crippen LogP contribution in [0.25, 0.3) is 0 Å². The van der Waals surface area contributed by atoms with Gasteiger partial charge in [-0.25, -0.2) is 0 Å². The molecule has 0 radical (unpaired) electrons. The molecule has 0 rings (SSSR count). The van der Waals surface area contributed by atoms with E-state index in [-0.39, 0.29) is 11.9 Å². The molecule has 0 aliphatic rings. The summed E-state index contributed by atoms with van der Waals surface area (Å²) in [6.07, 6.45) is 0.789. The molecular weight excluding hydrogens is 200 g/mol. The minimum absolute atomic E-state index is 0.218. The molecule has 84 valence electrons. The Bertz CT molecular complexity index is 146. The van der Waals surface area contributed by atoms with Gasteiger partial charge in [0.1, 0.15) is 0 Å². The van der Waals surface area contributed by atoms with E-state index in [4.69, 9.17) is 10.5 Å². The van der Waals surface area contributed by atoms with E-state index in [9.17, 15) is 4.79 Å². The molecule has 0 saturated carbocycles. The number of thioether (sulfide) groups is 1. The van der Waals surface area contributed by atoms with Gasteiger partial charge in [0.2, 0.25) is 5.91 Å². The average molecular weight is 220 g/mol. The fourth-order valence-electron chi connectivity index (χ4n) is 1.03. The largest absolute Gasteiger partial charge is 0.383 e. The highest BCUT2D eigenvalue weighted by molar-refractivity contribution is 7.99. The summed E-state index contributed by atoms with van der Waals surface area (Å²) in [5.41, 5.74) is 5.25. The molecule has 0 aliphatic carbocycles. The molecule has 0 fully saturated rings. The lowest BCUT2D eigenvalue weighted by atomic mass is 10.2. The molecule has 0 aliphatic heterocycles. The predicted octanol–water partition coefficient (Wildman–Crippen LogP) is 0.220. The lowest BCUT2D eigenvalue weighted by Crippen LogP contribution is -2.43. The number of carbonyl (C=O) groups is 1. The van der Waals surface area contributed by atoms with E-state index in [2.05, 4.69) is 12.2 Å². The minimum atomic E-state index is -0.280. The molecule has 3 N–H and O–H groups in total. The monoisotopic (exact) mass is 220 g/mol. The van der Waals surface area contributed by atoms with Crippen molar-refractivity contribution >= 4 is 17.7 Å². The molecule has 0 heterocycles. The Kier molecular flexibility index (Phi) is 9.13. The zero-order valence-corrected chi connectivity index (χ0v) is 9.73. The first-order valence-corrected chi connectivity index (χ1v) is 5.97. The summed E-state index contributed by atoms with van der Waals surface area (Å²) in [7, 11) is 1.63. The van der Waals surface area contributed by atoms with Crippen LogP contribution in [-0.4, -0.2) is 43.7 Å². The molecule has 1 amide bonds. The Morgan fingerprint density at radius 1 is 1.64 bits per heavy atom. The van der Waals surface area contributed by atoms with Gasteiger partial charge in [0, 0.05) is 13.7 Å². The van der Waals surface area contributed by atoms with Gasteiger partial charge in [-0.3, -0.25) is 4.79 Å². The minimum Gasteiger partial charge on any atom is -0.383 e. The molecule has 14 heavy (non-hydrogen) atoms. The summed E-state index contributed by atoms with van der Waals surface area (Å²) in [6, 6.07) is -0.218. The number of hydrogen-bond donors (Lipinski definition) is 2. The van der Waals surface area contributed by atoms with Crippen molar-refractivity contribution in [1.82, 2.24) is 5.32 Å². The SMILES string of the molecule is CCSCCC(NCCOC)C(N)=O. The zero-order chi connectivity index (χ0) is 10.8. The summed E-state index contributed by atoms with van der Waals surface area (Å²) in [6.45, 7) is 3.37. The average Bonchev–Trinajstić information content (AvgIpc) is 2.15. The molecule has 0 bridgehead atoms. The fourth-order valence-corrected chi connectivity index (χ4v) is 1.72. The number of nitrogens with two attached hydrogens (primary N) is 1. The van der Waals surface area contributed by atoms with Crippen molar-refractivity contribution in [2.24, 2.45) is 5.73 Å². The Balaban J connectivity index is 3.61. The van der Waals surface area contributed by atoms with E-state index in [0.29, 0.717) is 13.2 Å². The Labute approximate surface area is 89.9 Å². The predicted molar refractivity (Wildman–Crippen MR) is 60.5 cm³/mol. The van der Waals surface area contributed by atoms with Crippen LogP contribution in [0.2, 0.25) is 0 Å². The van der Waals surface area contributed by atoms with Gasteiger partial charge in [0.15, 0.2) is 0 Å². The molecule has 1 unspecified atom stereocenters. The van der Waals surface area contributed by atoms with E-state index in [1.54, 1.807) is 7.11 Å². The zero-order valence-electron chi connectivity index (χ0n) is 8.91. The number of rotatable bonds is 9. The number of amides is 1. The van der Waals surface area contributed by atoms with Crippen molar-refractivity contribution in [2.45, 2.75) is 19.4 Å². The maximum Gasteiger partial charge on any atom is 0.234 e. The van der Waals surface area contributed by atoms with Gasteiger partial charge in [-0.05, 0) is 17.9 Å². The van der Waals surface area contributed by atoms with Gasteiger partial charge in [0.05, 0.1) is 12.6 Å². The molecule has 0 aromatic heterocycles. The molecular formula is C9H20N2O2S. The van der Waals surface area contributed by atoms with Crippen LogP contribution in [0.5, 0.6) is 0 Å². The van der Waals surface area contributed by atoms with Crippen LogP contribution in [0.15, 0.2) is 0 Å². The second-order valence-electron chi connectivity index (χ2n) is 2.89. The fraction of sp³-hybridized carbons (Fsp3) is 0.889. The van der Waals surface area contributed by atoms with Crippen LogP contribution < -0.4 is 11.1 Å². The van der Waals surface area contributed by atoms with E-state index >= 15 is 0 Å². The summed E-state index contributed by atoms with van der Waals surface area (Å²) >= 11 is 1.81. The molecule has 1 atom stereocenters. The summed E-state index contributed by atoms with van der Waals surface area (Å²) < 4.78 is 4.88. The van der Waals surface area contributed by atoms with E-state index in [1.165, 1.54) is 0 Å². The number of primary amides is 1. The maximum absolute atomic E-state index is 11.0. The topological polar surface area (TPSA) is 64.3 Å². The quantitative estimate of drug-likeness (QED) is 0.546. The van der Waals surface area contributed by atoms with Crippen molar-refractivity contribution in [2.75, 3.05) is 31.8 Å². The van der Waals surface area contributed by atoms with Crippen LogP contribution in [0.1, 0.15) is 13.3 Å². The Hall–Kier alpha value is -0.260. The van der Waals surface area contributed by atoms with Crippen molar-refractivity contribution in [3.8, 4) is 0 Å². The van der Waals surface area contributed by atoms with Crippen LogP contribution in [0, 0.1) is 0 Å². The number of hydrogen-bond acceptors (Lipinski definition) is 4. The Morgan fingerprint density at radius 2 is 2.36 bits per heavy atom. The highest BCUT2D eigenvalue weighted by Crippen LogP contribution is 2.03. The van der Waals surface area contributed by atoms with Crippen molar-refractivity contribution in [3.63, 3.8) is 0 Å². The van der Waals surface area contributed by atoms with Crippen LogP contribution in [0.4, 0.5) is 0 Å². The third-order valence-electron chi connectivity index (χ3n) is 1.80. The first-order valence-electron chi connectivity index (χ1n) is 4.81. The molecule has 0 aromatic carbocycles. The van der Waals surface area contributed by atoms with Gasteiger partial charge in [-0.1, -0.05) is 6.92 Å². The standard InChI is InChI=1S/C9H20N2O2S/c1-3-14-7-4-8(9(10)12)11-5-6-13-2/h8,11H,3-7H2,1-2H3,(H2,10,12). The lowest BCUT2D eigenvalue weighted by molar-refractivity contribution is -0.120. The van der Waals surface area contributed by atoms with Crippen molar-refractivity contribution < 1.29 is 9.53 Å². The molecule has 0 aromatic rings. The van der Waals surface area contributed by atoms with Gasteiger partial charge < -0.3 is 15.8 Å². The second-order valence-corrected chi connectivity index (χ2v) is 4.28.